The van der Waals surface area contributed by atoms with Gasteiger partial charge >= 0.3 is 12.1 Å². The quantitative estimate of drug-likeness (QED) is 0.353. The van der Waals surface area contributed by atoms with Gasteiger partial charge in [0, 0.05) is 43.6 Å². The smallest absolute Gasteiger partial charge is 0.408 e. The summed E-state index contributed by atoms with van der Waals surface area (Å²) in [5.41, 5.74) is 2.06. The summed E-state index contributed by atoms with van der Waals surface area (Å²) in [6.45, 7) is 6.68. The number of carbonyl (C=O) groups is 3. The van der Waals surface area contributed by atoms with Gasteiger partial charge in [-0.2, -0.15) is 0 Å². The molecule has 1 aromatic carbocycles. The molecule has 1 atom stereocenters. The van der Waals surface area contributed by atoms with Gasteiger partial charge in [0.25, 0.3) is 0 Å². The Morgan fingerprint density at radius 2 is 2.09 bits per heavy atom. The maximum atomic E-state index is 12.2. The number of anilines is 2. The summed E-state index contributed by atoms with van der Waals surface area (Å²) in [4.78, 5) is 44.4. The molecule has 0 saturated carbocycles. The van der Waals surface area contributed by atoms with Gasteiger partial charge in [-0.1, -0.05) is 6.07 Å². The second-order valence-corrected chi connectivity index (χ2v) is 8.88. The first-order valence-corrected chi connectivity index (χ1v) is 12.1. The van der Waals surface area contributed by atoms with Crippen LogP contribution in [-0.4, -0.2) is 87.4 Å². The molecule has 0 aliphatic carbocycles. The summed E-state index contributed by atoms with van der Waals surface area (Å²) >= 11 is 0. The number of hydrogen-bond acceptors (Lipinski definition) is 9. The maximum Gasteiger partial charge on any atom is 0.408 e. The zero-order valence-electron chi connectivity index (χ0n) is 20.7. The van der Waals surface area contributed by atoms with Crippen molar-refractivity contribution in [1.82, 2.24) is 15.5 Å². The van der Waals surface area contributed by atoms with Crippen LogP contribution in [0.15, 0.2) is 29.3 Å². The van der Waals surface area contributed by atoms with Crippen molar-refractivity contribution in [2.75, 3.05) is 50.1 Å². The number of amides is 2. The van der Waals surface area contributed by atoms with Crippen LogP contribution in [0.2, 0.25) is 0 Å². The third-order valence-electron chi connectivity index (χ3n) is 5.95. The van der Waals surface area contributed by atoms with Crippen molar-refractivity contribution < 1.29 is 23.9 Å². The lowest BCUT2D eigenvalue weighted by molar-refractivity contribution is -0.144. The van der Waals surface area contributed by atoms with Crippen molar-refractivity contribution in [2.45, 2.75) is 51.3 Å². The zero-order chi connectivity index (χ0) is 25.2. The number of methoxy groups -OCH3 is 1. The normalized spacial score (nSPS) is 17.0. The lowest BCUT2D eigenvalue weighted by atomic mass is 10.0. The number of esters is 1. The number of aliphatic imine (C=N–C) groups is 1. The molecule has 11 heteroatoms. The van der Waals surface area contributed by atoms with Gasteiger partial charge in [-0.05, 0) is 51.3 Å². The van der Waals surface area contributed by atoms with Crippen LogP contribution in [0.5, 0.6) is 0 Å². The Labute approximate surface area is 206 Å². The van der Waals surface area contributed by atoms with Gasteiger partial charge in [0.15, 0.2) is 5.96 Å². The summed E-state index contributed by atoms with van der Waals surface area (Å²) < 4.78 is 9.88. The molecule has 0 radical (unpaired) electrons. The molecule has 1 aromatic rings. The maximum absolute atomic E-state index is 12.2. The van der Waals surface area contributed by atoms with Crippen molar-refractivity contribution in [1.29, 1.82) is 0 Å². The molecule has 35 heavy (non-hydrogen) atoms. The minimum absolute atomic E-state index is 0.0164. The van der Waals surface area contributed by atoms with Gasteiger partial charge < -0.3 is 35.2 Å². The molecule has 2 heterocycles. The van der Waals surface area contributed by atoms with E-state index in [0.29, 0.717) is 0 Å². The van der Waals surface area contributed by atoms with E-state index in [9.17, 15) is 14.4 Å². The Morgan fingerprint density at radius 1 is 1.31 bits per heavy atom. The zero-order valence-corrected chi connectivity index (χ0v) is 20.7. The second kappa shape index (κ2) is 12.8. The fourth-order valence-corrected chi connectivity index (χ4v) is 4.19. The van der Waals surface area contributed by atoms with Gasteiger partial charge in [0.1, 0.15) is 6.04 Å². The van der Waals surface area contributed by atoms with Gasteiger partial charge in [-0.25, -0.2) is 9.59 Å². The van der Waals surface area contributed by atoms with Crippen LogP contribution in [0.25, 0.3) is 0 Å². The van der Waals surface area contributed by atoms with E-state index in [1.807, 2.05) is 12.1 Å². The summed E-state index contributed by atoms with van der Waals surface area (Å²) in [5.74, 6) is 0.163. The Kier molecular flexibility index (Phi) is 9.56. The van der Waals surface area contributed by atoms with Crippen molar-refractivity contribution >= 4 is 35.8 Å². The van der Waals surface area contributed by atoms with E-state index in [0.717, 1.165) is 69.2 Å². The second-order valence-electron chi connectivity index (χ2n) is 8.88. The summed E-state index contributed by atoms with van der Waals surface area (Å²) in [5, 5.41) is 9.10. The van der Waals surface area contributed by atoms with E-state index in [-0.39, 0.29) is 18.7 Å². The largest absolute Gasteiger partial charge is 0.467 e. The van der Waals surface area contributed by atoms with E-state index < -0.39 is 18.1 Å². The molecule has 2 aliphatic rings. The van der Waals surface area contributed by atoms with Gasteiger partial charge in [-0.15, -0.1) is 0 Å². The number of benzene rings is 1. The highest BCUT2D eigenvalue weighted by Crippen LogP contribution is 2.25. The van der Waals surface area contributed by atoms with Crippen LogP contribution in [0.4, 0.5) is 16.2 Å². The number of hydrogen-bond donors (Lipinski definition) is 3. The van der Waals surface area contributed by atoms with Crippen LogP contribution >= 0.6 is 0 Å². The molecule has 0 aromatic heterocycles. The van der Waals surface area contributed by atoms with Crippen molar-refractivity contribution in [2.24, 2.45) is 4.99 Å². The molecule has 2 aliphatic heterocycles. The van der Waals surface area contributed by atoms with Crippen LogP contribution in [0.3, 0.4) is 0 Å². The third-order valence-corrected chi connectivity index (χ3v) is 5.95. The summed E-state index contributed by atoms with van der Waals surface area (Å²) in [6.07, 6.45) is 2.17. The fraction of sp³-hybridized carbons (Fsp3) is 0.583. The highest BCUT2D eigenvalue weighted by atomic mass is 16.6. The first kappa shape index (κ1) is 26.1. The molecule has 0 spiro atoms. The van der Waals surface area contributed by atoms with Crippen molar-refractivity contribution in [3.05, 3.63) is 24.3 Å². The SMILES string of the molecule is COC(=O)[C@H](CN(C=O)C1CCN(c2cccc(NC3=NCCCN3)c2)CC1)NC(=O)OC(C)C. The molecule has 2 amide bonds. The molecule has 1 fully saturated rings. The lowest BCUT2D eigenvalue weighted by Crippen LogP contribution is -2.53. The highest BCUT2D eigenvalue weighted by Gasteiger charge is 2.30. The third kappa shape index (κ3) is 7.76. The Balaban J connectivity index is 1.57. The van der Waals surface area contributed by atoms with E-state index in [1.165, 1.54) is 7.11 Å². The molecular formula is C24H36N6O5. The van der Waals surface area contributed by atoms with Gasteiger partial charge in [-0.3, -0.25) is 9.79 Å². The number of nitrogens with one attached hydrogen (secondary N) is 3. The monoisotopic (exact) mass is 488 g/mol. The molecular weight excluding hydrogens is 452 g/mol. The number of nitrogens with zero attached hydrogens (tertiary/aromatic N) is 3. The van der Waals surface area contributed by atoms with Crippen molar-refractivity contribution in [3.8, 4) is 0 Å². The number of alkyl carbamates (subject to hydrolysis) is 1. The average molecular weight is 489 g/mol. The van der Waals surface area contributed by atoms with Gasteiger partial charge in [0.05, 0.1) is 19.8 Å². The molecule has 3 N–H and O–H groups in total. The van der Waals surface area contributed by atoms with Gasteiger partial charge in [0.2, 0.25) is 6.41 Å². The summed E-state index contributed by atoms with van der Waals surface area (Å²) in [7, 11) is 1.24. The van der Waals surface area contributed by atoms with Crippen molar-refractivity contribution in [3.63, 3.8) is 0 Å². The van der Waals surface area contributed by atoms with E-state index in [4.69, 9.17) is 9.47 Å². The number of piperidine rings is 1. The minimum Gasteiger partial charge on any atom is -0.467 e. The molecule has 0 bridgehead atoms. The minimum atomic E-state index is -1.01. The van der Waals surface area contributed by atoms with Crippen LogP contribution in [-0.2, 0) is 19.1 Å². The predicted molar refractivity (Wildman–Crippen MR) is 134 cm³/mol. The molecule has 0 unspecified atom stereocenters. The number of rotatable bonds is 9. The Bertz CT molecular complexity index is 900. The van der Waals surface area contributed by atoms with E-state index in [2.05, 4.69) is 38.0 Å². The molecule has 11 nitrogen and oxygen atoms in total. The van der Waals surface area contributed by atoms with Crippen LogP contribution < -0.4 is 20.9 Å². The molecule has 192 valence electrons. The predicted octanol–water partition coefficient (Wildman–Crippen LogP) is 1.55. The van der Waals surface area contributed by atoms with E-state index >= 15 is 0 Å². The molecule has 1 saturated heterocycles. The number of guanidine groups is 1. The summed E-state index contributed by atoms with van der Waals surface area (Å²) in [6, 6.07) is 7.11. The average Bonchev–Trinajstić information content (AvgIpc) is 2.86. The number of carbonyl (C=O) groups excluding carboxylic acids is 3. The topological polar surface area (TPSA) is 125 Å². The first-order chi connectivity index (χ1) is 16.9. The van der Waals surface area contributed by atoms with E-state index in [1.54, 1.807) is 18.7 Å². The first-order valence-electron chi connectivity index (χ1n) is 12.1. The van der Waals surface area contributed by atoms with Crippen LogP contribution in [0.1, 0.15) is 33.1 Å². The van der Waals surface area contributed by atoms with Crippen LogP contribution in [0, 0.1) is 0 Å². The Hall–Kier alpha value is -3.50. The fourth-order valence-electron chi connectivity index (χ4n) is 4.19. The molecule has 3 rings (SSSR count). The lowest BCUT2D eigenvalue weighted by Gasteiger charge is -2.38. The Morgan fingerprint density at radius 3 is 2.71 bits per heavy atom. The standard InChI is InChI=1S/C24H36N6O5/c1-17(2)35-24(33)28-21(22(32)34-3)15-30(16-31)19-8-12-29(13-9-19)20-7-4-6-18(14-20)27-23-25-10-5-11-26-23/h4,6-7,14,16-17,19,21H,5,8-13,15H2,1-3H3,(H,28,33)(H2,25,26,27)/t21-/m0/s1. The number of ether oxygens (including phenoxy) is 2. The highest BCUT2D eigenvalue weighted by molar-refractivity contribution is 5.94.